The van der Waals surface area contributed by atoms with Crippen molar-refractivity contribution in [3.05, 3.63) is 48.7 Å². The maximum atomic E-state index is 12.7. The zero-order valence-corrected chi connectivity index (χ0v) is 14.8. The molecular weight excluding hydrogens is 356 g/mol. The highest BCUT2D eigenvalue weighted by atomic mass is 32.2. The van der Waals surface area contributed by atoms with Crippen LogP contribution < -0.4 is 4.74 Å². The minimum atomic E-state index is -3.28. The van der Waals surface area contributed by atoms with Crippen LogP contribution in [-0.4, -0.2) is 64.4 Å². The average molecular weight is 374 g/mol. The molecule has 0 aliphatic carbocycles. The van der Waals surface area contributed by atoms with Crippen LogP contribution >= 0.6 is 0 Å². The topological polar surface area (TPSA) is 102 Å². The van der Waals surface area contributed by atoms with Gasteiger partial charge in [0.1, 0.15) is 10.4 Å². The van der Waals surface area contributed by atoms with E-state index < -0.39 is 14.6 Å². The lowest BCUT2D eigenvalue weighted by Gasteiger charge is -2.49. The zero-order valence-electron chi connectivity index (χ0n) is 14.0. The molecule has 0 radical (unpaired) electrons. The van der Waals surface area contributed by atoms with Crippen molar-refractivity contribution < 1.29 is 17.9 Å². The number of hydrogen-bond acceptors (Lipinski definition) is 7. The molecule has 0 bridgehead atoms. The molecule has 2 aliphatic heterocycles. The highest BCUT2D eigenvalue weighted by Gasteiger charge is 2.62. The number of likely N-dealkylation sites (tertiary alicyclic amines) is 1. The number of carbonyl (C=O) groups is 1. The van der Waals surface area contributed by atoms with Gasteiger partial charge in [-0.15, -0.1) is 0 Å². The number of ether oxygens (including phenoxy) is 1. The Kier molecular flexibility index (Phi) is 4.10. The van der Waals surface area contributed by atoms with E-state index in [1.54, 1.807) is 18.3 Å². The standard InChI is InChI=1S/C17H18N4O4S/c22-16(14-9-18-6-7-19-14)21-11-17(12-21)13(4-8-26(17,23)24)10-25-15-3-1-2-5-20-15/h1-3,5-7,9,13H,4,8,10-12H2. The van der Waals surface area contributed by atoms with Crippen molar-refractivity contribution in [2.24, 2.45) is 5.92 Å². The molecule has 2 fully saturated rings. The molecule has 2 saturated heterocycles. The van der Waals surface area contributed by atoms with Crippen LogP contribution in [0.1, 0.15) is 16.9 Å². The summed E-state index contributed by atoms with van der Waals surface area (Å²) >= 11 is 0. The second-order valence-electron chi connectivity index (χ2n) is 6.60. The van der Waals surface area contributed by atoms with Gasteiger partial charge in [0.15, 0.2) is 9.84 Å². The first kappa shape index (κ1) is 16.9. The van der Waals surface area contributed by atoms with Gasteiger partial charge >= 0.3 is 0 Å². The molecule has 8 nitrogen and oxygen atoms in total. The zero-order chi connectivity index (χ0) is 18.2. The Morgan fingerprint density at radius 2 is 2.08 bits per heavy atom. The molecule has 0 N–H and O–H groups in total. The lowest BCUT2D eigenvalue weighted by molar-refractivity contribution is 0.0401. The molecule has 0 aromatic carbocycles. The molecule has 2 aromatic rings. The summed E-state index contributed by atoms with van der Waals surface area (Å²) in [7, 11) is -3.28. The van der Waals surface area contributed by atoms with Gasteiger partial charge in [0.05, 0.1) is 18.6 Å². The fourth-order valence-electron chi connectivity index (χ4n) is 3.64. The second-order valence-corrected chi connectivity index (χ2v) is 9.05. The molecule has 1 unspecified atom stereocenters. The monoisotopic (exact) mass is 374 g/mol. The van der Waals surface area contributed by atoms with Gasteiger partial charge < -0.3 is 9.64 Å². The smallest absolute Gasteiger partial charge is 0.274 e. The van der Waals surface area contributed by atoms with Gasteiger partial charge in [0.25, 0.3) is 5.91 Å². The Morgan fingerprint density at radius 3 is 2.77 bits per heavy atom. The van der Waals surface area contributed by atoms with E-state index in [4.69, 9.17) is 4.74 Å². The number of sulfone groups is 1. The van der Waals surface area contributed by atoms with Crippen molar-refractivity contribution >= 4 is 15.7 Å². The fourth-order valence-corrected chi connectivity index (χ4v) is 6.04. The van der Waals surface area contributed by atoms with Crippen molar-refractivity contribution in [2.45, 2.75) is 11.2 Å². The Bertz CT molecular complexity index is 899. The highest BCUT2D eigenvalue weighted by molar-refractivity contribution is 7.93. The largest absolute Gasteiger partial charge is 0.477 e. The van der Waals surface area contributed by atoms with Crippen LogP contribution in [-0.2, 0) is 9.84 Å². The van der Waals surface area contributed by atoms with Crippen molar-refractivity contribution in [1.29, 1.82) is 0 Å². The molecule has 4 rings (SSSR count). The summed E-state index contributed by atoms with van der Waals surface area (Å²) in [4.78, 5) is 25.9. The van der Waals surface area contributed by atoms with Gasteiger partial charge in [-0.05, 0) is 12.5 Å². The molecule has 26 heavy (non-hydrogen) atoms. The first-order valence-electron chi connectivity index (χ1n) is 8.33. The van der Waals surface area contributed by atoms with E-state index in [9.17, 15) is 13.2 Å². The Balaban J connectivity index is 1.47. The third kappa shape index (κ3) is 2.72. The number of pyridine rings is 1. The Morgan fingerprint density at radius 1 is 1.23 bits per heavy atom. The maximum absolute atomic E-state index is 12.7. The van der Waals surface area contributed by atoms with Crippen LogP contribution in [0.15, 0.2) is 43.0 Å². The number of hydrogen-bond donors (Lipinski definition) is 0. The summed E-state index contributed by atoms with van der Waals surface area (Å²) in [6.07, 6.45) is 6.47. The van der Waals surface area contributed by atoms with E-state index in [0.29, 0.717) is 12.3 Å². The van der Waals surface area contributed by atoms with E-state index in [2.05, 4.69) is 15.0 Å². The van der Waals surface area contributed by atoms with E-state index in [-0.39, 0.29) is 43.0 Å². The van der Waals surface area contributed by atoms with Crippen molar-refractivity contribution in [3.63, 3.8) is 0 Å². The SMILES string of the molecule is O=C(c1cnccn1)N1CC2(C1)C(COc1ccccn1)CCS2(=O)=O. The van der Waals surface area contributed by atoms with Crippen molar-refractivity contribution in [2.75, 3.05) is 25.4 Å². The molecule has 1 atom stereocenters. The van der Waals surface area contributed by atoms with E-state index in [0.717, 1.165) is 0 Å². The van der Waals surface area contributed by atoms with Gasteiger partial charge in [-0.25, -0.2) is 18.4 Å². The first-order valence-corrected chi connectivity index (χ1v) is 9.98. The number of amides is 1. The van der Waals surface area contributed by atoms with E-state index in [1.807, 2.05) is 6.07 Å². The second kappa shape index (κ2) is 6.31. The fraction of sp³-hybridized carbons (Fsp3) is 0.412. The normalized spacial score (nSPS) is 22.8. The molecule has 9 heteroatoms. The first-order chi connectivity index (χ1) is 12.5. The lowest BCUT2D eigenvalue weighted by Crippen LogP contribution is -2.69. The molecule has 1 spiro atoms. The van der Waals surface area contributed by atoms with Gasteiger partial charge in [0, 0.05) is 43.7 Å². The van der Waals surface area contributed by atoms with Crippen LogP contribution in [0.5, 0.6) is 5.88 Å². The van der Waals surface area contributed by atoms with Crippen LogP contribution in [0.3, 0.4) is 0 Å². The third-order valence-corrected chi connectivity index (χ3v) is 7.76. The molecular formula is C17H18N4O4S. The van der Waals surface area contributed by atoms with Crippen LogP contribution in [0.2, 0.25) is 0 Å². The van der Waals surface area contributed by atoms with Crippen LogP contribution in [0.25, 0.3) is 0 Å². The van der Waals surface area contributed by atoms with Gasteiger partial charge in [-0.2, -0.15) is 0 Å². The summed E-state index contributed by atoms with van der Waals surface area (Å²) < 4.78 is 30.1. The predicted molar refractivity (Wildman–Crippen MR) is 92.3 cm³/mol. The van der Waals surface area contributed by atoms with E-state index >= 15 is 0 Å². The number of nitrogens with zero attached hydrogens (tertiary/aromatic N) is 4. The quantitative estimate of drug-likeness (QED) is 0.771. The van der Waals surface area contributed by atoms with Gasteiger partial charge in [-0.3, -0.25) is 9.78 Å². The van der Waals surface area contributed by atoms with Crippen LogP contribution in [0.4, 0.5) is 0 Å². The Labute approximate surface area is 151 Å². The molecule has 0 saturated carbocycles. The number of rotatable bonds is 4. The molecule has 136 valence electrons. The predicted octanol–water partition coefficient (Wildman–Crippen LogP) is 0.580. The van der Waals surface area contributed by atoms with Crippen LogP contribution in [0, 0.1) is 5.92 Å². The van der Waals surface area contributed by atoms with Crippen molar-refractivity contribution in [3.8, 4) is 5.88 Å². The summed E-state index contributed by atoms with van der Waals surface area (Å²) in [5, 5.41) is 0. The summed E-state index contributed by atoms with van der Waals surface area (Å²) in [6.45, 7) is 0.603. The minimum Gasteiger partial charge on any atom is -0.477 e. The van der Waals surface area contributed by atoms with E-state index in [1.165, 1.54) is 23.5 Å². The Hall–Kier alpha value is -2.55. The summed E-state index contributed by atoms with van der Waals surface area (Å²) in [5.41, 5.74) is 0.221. The molecule has 4 heterocycles. The van der Waals surface area contributed by atoms with Gasteiger partial charge in [0.2, 0.25) is 5.88 Å². The van der Waals surface area contributed by atoms with Crippen molar-refractivity contribution in [1.82, 2.24) is 19.9 Å². The average Bonchev–Trinajstić information content (AvgIpc) is 2.90. The lowest BCUT2D eigenvalue weighted by atomic mass is 9.83. The number of aromatic nitrogens is 3. The molecule has 1 amide bonds. The third-order valence-electron chi connectivity index (χ3n) is 5.16. The van der Waals surface area contributed by atoms with Gasteiger partial charge in [-0.1, -0.05) is 6.07 Å². The number of carbonyl (C=O) groups excluding carboxylic acids is 1. The molecule has 2 aliphatic rings. The highest BCUT2D eigenvalue weighted by Crippen LogP contribution is 2.45. The summed E-state index contributed by atoms with van der Waals surface area (Å²) in [5.74, 6) is 0.130. The minimum absolute atomic E-state index is 0.121. The summed E-state index contributed by atoms with van der Waals surface area (Å²) in [6, 6.07) is 5.34. The maximum Gasteiger partial charge on any atom is 0.274 e. The molecule has 2 aromatic heterocycles.